The summed E-state index contributed by atoms with van der Waals surface area (Å²) >= 11 is 0. The number of hydrogen-bond acceptors (Lipinski definition) is 5. The van der Waals surface area contributed by atoms with Crippen molar-refractivity contribution in [3.05, 3.63) is 51.6 Å². The lowest BCUT2D eigenvalue weighted by atomic mass is 10.1. The number of benzene rings is 1. The van der Waals surface area contributed by atoms with Crippen LogP contribution < -0.4 is 10.9 Å². The number of anilines is 1. The molecule has 0 aliphatic rings. The van der Waals surface area contributed by atoms with Crippen molar-refractivity contribution < 1.29 is 9.32 Å². The van der Waals surface area contributed by atoms with Gasteiger partial charge < -0.3 is 9.84 Å². The molecule has 0 saturated carbocycles. The Hall–Kier alpha value is -2.96. The van der Waals surface area contributed by atoms with E-state index in [0.717, 1.165) is 17.7 Å². The topological polar surface area (TPSA) is 90.0 Å². The van der Waals surface area contributed by atoms with Crippen molar-refractivity contribution in [1.82, 2.24) is 14.9 Å². The van der Waals surface area contributed by atoms with Gasteiger partial charge in [0.05, 0.1) is 11.1 Å². The zero-order valence-electron chi connectivity index (χ0n) is 15.4. The van der Waals surface area contributed by atoms with Crippen molar-refractivity contribution in [3.8, 4) is 0 Å². The molecule has 1 amide bonds. The Morgan fingerprint density at radius 3 is 2.69 bits per heavy atom. The number of amides is 1. The molecule has 0 aliphatic heterocycles. The molecule has 0 saturated heterocycles. The molecule has 3 rings (SSSR count). The number of carbonyl (C=O) groups is 1. The summed E-state index contributed by atoms with van der Waals surface area (Å²) in [5.41, 5.74) is 2.18. The third-order valence-electron chi connectivity index (χ3n) is 4.53. The number of aryl methyl sites for hydroxylation is 3. The van der Waals surface area contributed by atoms with Crippen molar-refractivity contribution in [2.24, 2.45) is 0 Å². The molecule has 1 N–H and O–H groups in total. The van der Waals surface area contributed by atoms with Gasteiger partial charge in [0, 0.05) is 5.69 Å². The van der Waals surface area contributed by atoms with Crippen molar-refractivity contribution in [2.75, 3.05) is 5.32 Å². The van der Waals surface area contributed by atoms with Gasteiger partial charge in [-0.3, -0.25) is 9.59 Å². The van der Waals surface area contributed by atoms with Crippen LogP contribution in [0.4, 0.5) is 5.69 Å². The highest BCUT2D eigenvalue weighted by Gasteiger charge is 2.25. The summed E-state index contributed by atoms with van der Waals surface area (Å²) in [7, 11) is 0. The van der Waals surface area contributed by atoms with E-state index in [-0.39, 0.29) is 11.4 Å². The second kappa shape index (κ2) is 7.11. The van der Waals surface area contributed by atoms with Crippen LogP contribution in [0.2, 0.25) is 0 Å². The number of aromatic nitrogens is 3. The maximum atomic E-state index is 12.9. The summed E-state index contributed by atoms with van der Waals surface area (Å²) in [5, 5.41) is 11.7. The third-order valence-corrected chi connectivity index (χ3v) is 4.53. The molecule has 0 bridgehead atoms. The molecule has 0 aliphatic carbocycles. The second-order valence-corrected chi connectivity index (χ2v) is 6.22. The quantitative estimate of drug-likeness (QED) is 0.760. The molecule has 2 aromatic heterocycles. The minimum absolute atomic E-state index is 0.204. The number of carbonyl (C=O) groups excluding carboxylic acids is 1. The fourth-order valence-electron chi connectivity index (χ4n) is 3.16. The van der Waals surface area contributed by atoms with E-state index in [9.17, 15) is 9.59 Å². The largest absolute Gasteiger partial charge is 0.360 e. The molecule has 26 heavy (non-hydrogen) atoms. The lowest BCUT2D eigenvalue weighted by molar-refractivity contribution is -0.119. The first kappa shape index (κ1) is 17.8. The minimum Gasteiger partial charge on any atom is -0.360 e. The normalized spacial score (nSPS) is 12.3. The van der Waals surface area contributed by atoms with Crippen molar-refractivity contribution in [1.29, 1.82) is 0 Å². The SMILES string of the molecule is CCc1ccccc1NC(=O)[C@H](CC)n1nc(C)c2c(C)onc2c1=O. The summed E-state index contributed by atoms with van der Waals surface area (Å²) in [6.45, 7) is 7.38. The number of rotatable bonds is 5. The second-order valence-electron chi connectivity index (χ2n) is 6.22. The Morgan fingerprint density at radius 1 is 1.27 bits per heavy atom. The van der Waals surface area contributed by atoms with Crippen molar-refractivity contribution in [2.45, 2.75) is 46.6 Å². The van der Waals surface area contributed by atoms with E-state index >= 15 is 0 Å². The first-order valence-electron chi connectivity index (χ1n) is 8.72. The van der Waals surface area contributed by atoms with Gasteiger partial charge in [0.15, 0.2) is 5.52 Å². The van der Waals surface area contributed by atoms with Gasteiger partial charge in [-0.25, -0.2) is 4.68 Å². The zero-order chi connectivity index (χ0) is 18.8. The molecule has 0 unspecified atom stereocenters. The molecule has 3 aromatic rings. The number of fused-ring (bicyclic) bond motifs is 1. The molecular formula is C19H22N4O3. The monoisotopic (exact) mass is 354 g/mol. The molecule has 1 aromatic carbocycles. The Balaban J connectivity index is 2.01. The summed E-state index contributed by atoms with van der Waals surface area (Å²) in [6.07, 6.45) is 1.23. The van der Waals surface area contributed by atoms with Gasteiger partial charge in [-0.05, 0) is 38.3 Å². The van der Waals surface area contributed by atoms with Crippen LogP contribution in [0.3, 0.4) is 0 Å². The molecule has 0 fully saturated rings. The van der Waals surface area contributed by atoms with Crippen LogP contribution in [-0.2, 0) is 11.2 Å². The van der Waals surface area contributed by atoms with Gasteiger partial charge in [-0.15, -0.1) is 0 Å². The highest BCUT2D eigenvalue weighted by atomic mass is 16.5. The van der Waals surface area contributed by atoms with Gasteiger partial charge in [0.1, 0.15) is 11.8 Å². The predicted molar refractivity (Wildman–Crippen MR) is 99.3 cm³/mol. The Bertz CT molecular complexity index is 1020. The van der Waals surface area contributed by atoms with Gasteiger partial charge in [0.2, 0.25) is 5.91 Å². The number of nitrogens with one attached hydrogen (secondary N) is 1. The van der Waals surface area contributed by atoms with E-state index in [1.54, 1.807) is 13.8 Å². The van der Waals surface area contributed by atoms with Crippen molar-refractivity contribution in [3.63, 3.8) is 0 Å². The fraction of sp³-hybridized carbons (Fsp3) is 0.368. The first-order valence-corrected chi connectivity index (χ1v) is 8.72. The van der Waals surface area contributed by atoms with Crippen LogP contribution >= 0.6 is 0 Å². The highest BCUT2D eigenvalue weighted by Crippen LogP contribution is 2.21. The van der Waals surface area contributed by atoms with Crippen LogP contribution in [0, 0.1) is 13.8 Å². The van der Waals surface area contributed by atoms with E-state index in [0.29, 0.717) is 23.3 Å². The summed E-state index contributed by atoms with van der Waals surface area (Å²) in [5.74, 6) is 0.269. The summed E-state index contributed by atoms with van der Waals surface area (Å²) in [6, 6.07) is 6.90. The Labute approximate surface area is 151 Å². The first-order chi connectivity index (χ1) is 12.5. The molecule has 7 nitrogen and oxygen atoms in total. The maximum absolute atomic E-state index is 12.9. The van der Waals surface area contributed by atoms with Crippen LogP contribution in [0.25, 0.3) is 10.9 Å². The van der Waals surface area contributed by atoms with Crippen LogP contribution in [0.5, 0.6) is 0 Å². The van der Waals surface area contributed by atoms with E-state index in [4.69, 9.17) is 4.52 Å². The maximum Gasteiger partial charge on any atom is 0.297 e. The molecule has 1 atom stereocenters. The standard InChI is InChI=1S/C19H22N4O3/c1-5-13-9-7-8-10-14(13)20-18(24)15(6-2)23-19(25)17-16(11(3)21-23)12(4)26-22-17/h7-10,15H,5-6H2,1-4H3,(H,20,24)/t15-/m0/s1. The molecule has 2 heterocycles. The smallest absolute Gasteiger partial charge is 0.297 e. The average Bonchev–Trinajstić information content (AvgIpc) is 3.03. The Morgan fingerprint density at radius 2 is 2.00 bits per heavy atom. The van der Waals surface area contributed by atoms with Gasteiger partial charge in [0.25, 0.3) is 5.56 Å². The predicted octanol–water partition coefficient (Wildman–Crippen LogP) is 3.15. The number of hydrogen-bond donors (Lipinski definition) is 1. The molecule has 7 heteroatoms. The minimum atomic E-state index is -0.729. The Kier molecular flexibility index (Phi) is 4.88. The third kappa shape index (κ3) is 3.00. The van der Waals surface area contributed by atoms with E-state index in [1.165, 1.54) is 4.68 Å². The van der Waals surface area contributed by atoms with Crippen LogP contribution in [0.15, 0.2) is 33.6 Å². The molecule has 136 valence electrons. The summed E-state index contributed by atoms with van der Waals surface area (Å²) in [4.78, 5) is 25.6. The lowest BCUT2D eigenvalue weighted by Crippen LogP contribution is -2.35. The summed E-state index contributed by atoms with van der Waals surface area (Å²) < 4.78 is 6.34. The van der Waals surface area contributed by atoms with E-state index in [2.05, 4.69) is 15.6 Å². The van der Waals surface area contributed by atoms with Gasteiger partial charge in [-0.2, -0.15) is 5.10 Å². The highest BCUT2D eigenvalue weighted by molar-refractivity contribution is 5.94. The van der Waals surface area contributed by atoms with Crippen molar-refractivity contribution >= 4 is 22.5 Å². The van der Waals surface area contributed by atoms with Crippen LogP contribution in [0.1, 0.15) is 43.3 Å². The number of nitrogens with zero attached hydrogens (tertiary/aromatic N) is 3. The van der Waals surface area contributed by atoms with E-state index < -0.39 is 11.6 Å². The molecular weight excluding hydrogens is 332 g/mol. The average molecular weight is 354 g/mol. The number of para-hydroxylation sites is 1. The fourth-order valence-corrected chi connectivity index (χ4v) is 3.16. The van der Waals surface area contributed by atoms with Gasteiger partial charge >= 0.3 is 0 Å². The van der Waals surface area contributed by atoms with Crippen LogP contribution in [-0.4, -0.2) is 20.8 Å². The molecule has 0 radical (unpaired) electrons. The van der Waals surface area contributed by atoms with E-state index in [1.807, 2.05) is 38.1 Å². The zero-order valence-corrected chi connectivity index (χ0v) is 15.4. The molecule has 0 spiro atoms. The van der Waals surface area contributed by atoms with Gasteiger partial charge in [-0.1, -0.05) is 37.2 Å². The lowest BCUT2D eigenvalue weighted by Gasteiger charge is -2.18.